The van der Waals surface area contributed by atoms with Crippen LogP contribution >= 0.6 is 11.8 Å². The Kier molecular flexibility index (Phi) is 12.6. The summed E-state index contributed by atoms with van der Waals surface area (Å²) in [5, 5.41) is 22.6. The van der Waals surface area contributed by atoms with Crippen molar-refractivity contribution in [1.29, 1.82) is 0 Å². The highest BCUT2D eigenvalue weighted by atomic mass is 32.2. The van der Waals surface area contributed by atoms with Gasteiger partial charge in [-0.25, -0.2) is 9.59 Å². The van der Waals surface area contributed by atoms with E-state index in [-0.39, 0.29) is 18.1 Å². The van der Waals surface area contributed by atoms with E-state index in [1.165, 1.54) is 13.8 Å². The van der Waals surface area contributed by atoms with Gasteiger partial charge < -0.3 is 35.1 Å². The number of rotatable bonds is 12. The van der Waals surface area contributed by atoms with Gasteiger partial charge in [0.2, 0.25) is 5.91 Å². The van der Waals surface area contributed by atoms with E-state index in [1.807, 2.05) is 0 Å². The molecule has 12 nitrogen and oxygen atoms in total. The number of aliphatic carboxylic acids is 1. The Balaban J connectivity index is 5.14. The van der Waals surface area contributed by atoms with Gasteiger partial charge in [0.25, 0.3) is 0 Å². The van der Waals surface area contributed by atoms with Crippen LogP contribution in [0, 0.1) is 0 Å². The van der Waals surface area contributed by atoms with Crippen LogP contribution in [0.4, 0.5) is 4.79 Å². The molecule has 0 aromatic carbocycles. The van der Waals surface area contributed by atoms with E-state index in [0.717, 1.165) is 11.8 Å². The number of nitrogens with one attached hydrogen (secondary N) is 2. The molecule has 31 heavy (non-hydrogen) atoms. The summed E-state index contributed by atoms with van der Waals surface area (Å²) in [6.45, 7) is 6.23. The lowest BCUT2D eigenvalue weighted by molar-refractivity contribution is -0.154. The molecule has 0 saturated carbocycles. The highest BCUT2D eigenvalue weighted by Crippen LogP contribution is 2.11. The van der Waals surface area contributed by atoms with E-state index in [2.05, 4.69) is 10.6 Å². The predicted octanol–water partition coefficient (Wildman–Crippen LogP) is -0.331. The molecular formula is C18H30N2O10S. The Labute approximate surface area is 184 Å². The summed E-state index contributed by atoms with van der Waals surface area (Å²) in [5.41, 5.74) is -0.836. The molecule has 3 atom stereocenters. The van der Waals surface area contributed by atoms with Crippen molar-refractivity contribution < 1.29 is 48.4 Å². The number of carbonyl (C=O) groups excluding carboxylic acids is 4. The number of thioether (sulfide) groups is 1. The highest BCUT2D eigenvalue weighted by molar-refractivity contribution is 7.99. The van der Waals surface area contributed by atoms with E-state index >= 15 is 0 Å². The zero-order valence-electron chi connectivity index (χ0n) is 18.1. The van der Waals surface area contributed by atoms with Crippen molar-refractivity contribution in [3.8, 4) is 0 Å². The smallest absolute Gasteiger partial charge is 0.408 e. The Hall–Kier alpha value is -2.54. The third-order valence-electron chi connectivity index (χ3n) is 3.20. The first-order valence-corrected chi connectivity index (χ1v) is 10.4. The van der Waals surface area contributed by atoms with Gasteiger partial charge in [-0.1, -0.05) is 0 Å². The van der Waals surface area contributed by atoms with Crippen molar-refractivity contribution in [2.45, 2.75) is 58.4 Å². The normalized spacial score (nSPS) is 13.9. The number of carboxylic acid groups (broad SMARTS) is 1. The first kappa shape index (κ1) is 28.5. The standard InChI is InChI=1S/C18H30N2O10S/c1-10(22)28-7-12(29-11(2)23)8-31-9-14(20-17(27)30-18(3,4)5)15(24)19-13(6-21)16(25)26/h12-14,21H,6-9H2,1-5H3,(H,19,24)(H,20,27)(H,25,26)/t12-,13+,14+/m1/s1. The third-order valence-corrected chi connectivity index (χ3v) is 4.37. The molecule has 13 heteroatoms. The van der Waals surface area contributed by atoms with Crippen LogP contribution in [-0.4, -0.2) is 88.6 Å². The second-order valence-corrected chi connectivity index (χ2v) is 8.43. The number of alkyl carbamates (subject to hydrolysis) is 1. The maximum Gasteiger partial charge on any atom is 0.408 e. The van der Waals surface area contributed by atoms with E-state index < -0.39 is 60.3 Å². The number of aliphatic hydroxyl groups excluding tert-OH is 1. The topological polar surface area (TPSA) is 178 Å². The van der Waals surface area contributed by atoms with Crippen molar-refractivity contribution in [2.24, 2.45) is 0 Å². The summed E-state index contributed by atoms with van der Waals surface area (Å²) in [7, 11) is 0. The summed E-state index contributed by atoms with van der Waals surface area (Å²) in [5.74, 6) is -3.39. The Morgan fingerprint density at radius 1 is 0.968 bits per heavy atom. The van der Waals surface area contributed by atoms with Crippen molar-refractivity contribution in [3.63, 3.8) is 0 Å². The number of carbonyl (C=O) groups is 5. The van der Waals surface area contributed by atoms with E-state index in [4.69, 9.17) is 24.4 Å². The van der Waals surface area contributed by atoms with Crippen LogP contribution in [-0.2, 0) is 33.4 Å². The number of carboxylic acids is 1. The molecule has 4 N–H and O–H groups in total. The van der Waals surface area contributed by atoms with Gasteiger partial charge in [-0.2, -0.15) is 11.8 Å². The fourth-order valence-corrected chi connectivity index (χ4v) is 3.00. The van der Waals surface area contributed by atoms with Gasteiger partial charge in [0.15, 0.2) is 0 Å². The monoisotopic (exact) mass is 466 g/mol. The molecule has 0 radical (unpaired) electrons. The summed E-state index contributed by atoms with van der Waals surface area (Å²) in [6, 6.07) is -2.78. The predicted molar refractivity (Wildman–Crippen MR) is 109 cm³/mol. The van der Waals surface area contributed by atoms with Gasteiger partial charge in [-0.3, -0.25) is 14.4 Å². The molecule has 0 aliphatic rings. The third kappa shape index (κ3) is 14.2. The molecule has 0 aromatic rings. The summed E-state index contributed by atoms with van der Waals surface area (Å²) >= 11 is 1.08. The average molecular weight is 467 g/mol. The summed E-state index contributed by atoms with van der Waals surface area (Å²) < 4.78 is 15.0. The molecule has 0 fully saturated rings. The van der Waals surface area contributed by atoms with Gasteiger partial charge in [-0.15, -0.1) is 0 Å². The number of esters is 2. The Morgan fingerprint density at radius 3 is 2.03 bits per heavy atom. The van der Waals surface area contributed by atoms with E-state index in [0.29, 0.717) is 0 Å². The van der Waals surface area contributed by atoms with Gasteiger partial charge in [0, 0.05) is 25.4 Å². The van der Waals surface area contributed by atoms with Crippen LogP contribution < -0.4 is 10.6 Å². The quantitative estimate of drug-likeness (QED) is 0.219. The molecule has 0 aliphatic carbocycles. The van der Waals surface area contributed by atoms with Gasteiger partial charge >= 0.3 is 24.0 Å². The number of amides is 2. The van der Waals surface area contributed by atoms with Crippen molar-refractivity contribution >= 4 is 41.7 Å². The first-order chi connectivity index (χ1) is 14.2. The number of hydrogen-bond acceptors (Lipinski definition) is 10. The van der Waals surface area contributed by atoms with Crippen LogP contribution in [0.2, 0.25) is 0 Å². The molecule has 0 bridgehead atoms. The molecule has 0 aromatic heterocycles. The molecule has 0 rings (SSSR count). The van der Waals surface area contributed by atoms with Gasteiger partial charge in [0.1, 0.15) is 30.4 Å². The Morgan fingerprint density at radius 2 is 1.58 bits per heavy atom. The lowest BCUT2D eigenvalue weighted by Crippen LogP contribution is -2.54. The lowest BCUT2D eigenvalue weighted by Gasteiger charge is -2.24. The fourth-order valence-electron chi connectivity index (χ4n) is 1.97. The molecular weight excluding hydrogens is 436 g/mol. The summed E-state index contributed by atoms with van der Waals surface area (Å²) in [6.07, 6.45) is -1.69. The molecule has 0 saturated heterocycles. The van der Waals surface area contributed by atoms with Crippen molar-refractivity contribution in [3.05, 3.63) is 0 Å². The zero-order chi connectivity index (χ0) is 24.2. The zero-order valence-corrected chi connectivity index (χ0v) is 18.9. The lowest BCUT2D eigenvalue weighted by atomic mass is 10.2. The van der Waals surface area contributed by atoms with E-state index in [1.54, 1.807) is 20.8 Å². The van der Waals surface area contributed by atoms with Gasteiger partial charge in [0.05, 0.1) is 6.61 Å². The van der Waals surface area contributed by atoms with Crippen LogP contribution in [0.3, 0.4) is 0 Å². The Bertz CT molecular complexity index is 650. The van der Waals surface area contributed by atoms with Gasteiger partial charge in [-0.05, 0) is 20.8 Å². The maximum absolute atomic E-state index is 12.5. The molecule has 2 amide bonds. The molecule has 0 spiro atoms. The SMILES string of the molecule is CC(=O)OC[C@H](CSC[C@H](NC(=O)OC(C)(C)C)C(=O)N[C@@H](CO)C(=O)O)OC(C)=O. The minimum Gasteiger partial charge on any atom is -0.480 e. The van der Waals surface area contributed by atoms with Crippen LogP contribution in [0.1, 0.15) is 34.6 Å². The minimum absolute atomic E-state index is 0.0549. The number of aliphatic hydroxyl groups is 1. The van der Waals surface area contributed by atoms with Crippen LogP contribution in [0.25, 0.3) is 0 Å². The second-order valence-electron chi connectivity index (χ2n) is 7.35. The fraction of sp³-hybridized carbons (Fsp3) is 0.722. The average Bonchev–Trinajstić information content (AvgIpc) is 2.60. The second kappa shape index (κ2) is 13.7. The largest absolute Gasteiger partial charge is 0.480 e. The minimum atomic E-state index is -1.56. The highest BCUT2D eigenvalue weighted by Gasteiger charge is 2.28. The molecule has 0 heterocycles. The molecule has 0 unspecified atom stereocenters. The summed E-state index contributed by atoms with van der Waals surface area (Å²) in [4.78, 5) is 57.8. The van der Waals surface area contributed by atoms with E-state index in [9.17, 15) is 24.0 Å². The first-order valence-electron chi connectivity index (χ1n) is 9.27. The number of ether oxygens (including phenoxy) is 3. The molecule has 178 valence electrons. The maximum atomic E-state index is 12.5. The number of hydrogen-bond donors (Lipinski definition) is 4. The molecule has 0 aliphatic heterocycles. The van der Waals surface area contributed by atoms with Crippen LogP contribution in [0.15, 0.2) is 0 Å². The van der Waals surface area contributed by atoms with Crippen molar-refractivity contribution in [1.82, 2.24) is 10.6 Å². The van der Waals surface area contributed by atoms with Crippen LogP contribution in [0.5, 0.6) is 0 Å². The van der Waals surface area contributed by atoms with Crippen molar-refractivity contribution in [2.75, 3.05) is 24.7 Å².